The minimum atomic E-state index is -0.951. The van der Waals surface area contributed by atoms with Gasteiger partial charge in [0.2, 0.25) is 10.1 Å². The lowest BCUT2D eigenvalue weighted by molar-refractivity contribution is 0.687. The molecule has 0 aliphatic carbocycles. The number of halogens is 1. The van der Waals surface area contributed by atoms with Crippen molar-refractivity contribution in [3.63, 3.8) is 0 Å². The number of nitrogens with zero attached hydrogens (tertiary/aromatic N) is 3. The number of imidazole rings is 1. The summed E-state index contributed by atoms with van der Waals surface area (Å²) in [7, 11) is -0.951. The Bertz CT molecular complexity index is 1040. The highest BCUT2D eigenvalue weighted by Gasteiger charge is 2.09. The van der Waals surface area contributed by atoms with E-state index in [1.807, 2.05) is 54.7 Å². The maximum atomic E-state index is 11.4. The van der Waals surface area contributed by atoms with E-state index in [9.17, 15) is 4.21 Å². The molecular weight excluding hydrogens is 388 g/mol. The van der Waals surface area contributed by atoms with Crippen LogP contribution < -0.4 is 5.32 Å². The first-order valence-corrected chi connectivity index (χ1v) is 10.6. The molecule has 8 heteroatoms. The molecule has 1 atom stereocenters. The molecule has 0 spiro atoms. The summed E-state index contributed by atoms with van der Waals surface area (Å²) in [5.74, 6) is 0. The lowest BCUT2D eigenvalue weighted by atomic mass is 10.2. The Morgan fingerprint density at radius 1 is 1.15 bits per heavy atom. The van der Waals surface area contributed by atoms with Gasteiger partial charge in [0.25, 0.3) is 0 Å². The van der Waals surface area contributed by atoms with Gasteiger partial charge in [-0.2, -0.15) is 0 Å². The van der Waals surface area contributed by atoms with Crippen molar-refractivity contribution in [1.82, 2.24) is 14.6 Å². The number of nitrogens with one attached hydrogen (secondary N) is 1. The van der Waals surface area contributed by atoms with Gasteiger partial charge in [-0.15, -0.1) is 5.10 Å². The number of fused-ring (bicyclic) bond motifs is 1. The van der Waals surface area contributed by atoms with Gasteiger partial charge in [-0.25, -0.2) is 9.50 Å². The number of benzene rings is 2. The highest BCUT2D eigenvalue weighted by atomic mass is 35.5. The summed E-state index contributed by atoms with van der Waals surface area (Å²) in [6.45, 7) is 0.650. The van der Waals surface area contributed by atoms with Crippen LogP contribution in [0.1, 0.15) is 5.56 Å². The van der Waals surface area contributed by atoms with E-state index in [-0.39, 0.29) is 0 Å². The molecule has 2 aromatic heterocycles. The Labute approximate surface area is 162 Å². The maximum absolute atomic E-state index is 11.4. The van der Waals surface area contributed by atoms with E-state index >= 15 is 0 Å². The molecule has 0 amide bonds. The van der Waals surface area contributed by atoms with Gasteiger partial charge in [-0.05, 0) is 29.8 Å². The van der Waals surface area contributed by atoms with E-state index in [2.05, 4.69) is 15.4 Å². The molecule has 1 unspecified atom stereocenters. The fraction of sp³-hybridized carbons (Fsp3) is 0.111. The van der Waals surface area contributed by atoms with Gasteiger partial charge in [-0.3, -0.25) is 4.21 Å². The normalized spacial score (nSPS) is 12.4. The van der Waals surface area contributed by atoms with Crippen LogP contribution in [0, 0.1) is 0 Å². The molecule has 1 N–H and O–H groups in total. The van der Waals surface area contributed by atoms with Gasteiger partial charge in [0.1, 0.15) is 0 Å². The summed E-state index contributed by atoms with van der Waals surface area (Å²) in [5, 5.41) is 9.34. The summed E-state index contributed by atoms with van der Waals surface area (Å²) in [5.41, 5.74) is 2.99. The van der Waals surface area contributed by atoms with Gasteiger partial charge in [0.15, 0.2) is 0 Å². The highest BCUT2D eigenvalue weighted by molar-refractivity contribution is 7.84. The molecule has 0 aliphatic rings. The molecular formula is C18H15ClN4OS2. The first-order valence-electron chi connectivity index (χ1n) is 7.87. The lowest BCUT2D eigenvalue weighted by Crippen LogP contribution is -2.00. The number of hydrogen-bond donors (Lipinski definition) is 1. The monoisotopic (exact) mass is 402 g/mol. The average Bonchev–Trinajstić information content (AvgIpc) is 3.19. The Morgan fingerprint density at radius 3 is 2.54 bits per heavy atom. The summed E-state index contributed by atoms with van der Waals surface area (Å²) in [6, 6.07) is 15.3. The van der Waals surface area contributed by atoms with Crippen LogP contribution in [0.25, 0.3) is 16.2 Å². The van der Waals surface area contributed by atoms with E-state index in [0.29, 0.717) is 11.6 Å². The Morgan fingerprint density at radius 2 is 1.88 bits per heavy atom. The van der Waals surface area contributed by atoms with Gasteiger partial charge < -0.3 is 5.32 Å². The second kappa shape index (κ2) is 7.19. The molecule has 2 aromatic carbocycles. The van der Waals surface area contributed by atoms with Crippen molar-refractivity contribution in [2.24, 2.45) is 0 Å². The molecule has 4 rings (SSSR count). The van der Waals surface area contributed by atoms with Gasteiger partial charge in [0.05, 0.1) is 11.9 Å². The summed E-state index contributed by atoms with van der Waals surface area (Å²) < 4.78 is 13.2. The van der Waals surface area contributed by atoms with E-state index < -0.39 is 10.8 Å². The van der Waals surface area contributed by atoms with Crippen LogP contribution in [0.5, 0.6) is 0 Å². The van der Waals surface area contributed by atoms with Crippen molar-refractivity contribution in [2.75, 3.05) is 11.6 Å². The summed E-state index contributed by atoms with van der Waals surface area (Å²) >= 11 is 7.43. The average molecular weight is 403 g/mol. The third-order valence-electron chi connectivity index (χ3n) is 3.88. The van der Waals surface area contributed by atoms with Crippen LogP contribution in [-0.2, 0) is 17.3 Å². The lowest BCUT2D eigenvalue weighted by Gasteiger charge is -2.03. The van der Waals surface area contributed by atoms with Gasteiger partial charge in [-0.1, -0.05) is 47.2 Å². The summed E-state index contributed by atoms with van der Waals surface area (Å²) in [6.07, 6.45) is 3.59. The smallest absolute Gasteiger partial charge is 0.214 e. The Balaban J connectivity index is 1.47. The van der Waals surface area contributed by atoms with E-state index in [1.165, 1.54) is 11.3 Å². The highest BCUT2D eigenvalue weighted by Crippen LogP contribution is 2.25. The number of rotatable bonds is 5. The molecule has 132 valence electrons. The number of anilines is 1. The summed E-state index contributed by atoms with van der Waals surface area (Å²) in [4.78, 5) is 6.28. The molecule has 0 radical (unpaired) electrons. The number of aromatic nitrogens is 3. The van der Waals surface area contributed by atoms with Crippen LogP contribution in [0.3, 0.4) is 0 Å². The van der Waals surface area contributed by atoms with Crippen molar-refractivity contribution < 1.29 is 4.21 Å². The molecule has 0 bridgehead atoms. The van der Waals surface area contributed by atoms with Gasteiger partial charge in [0, 0.05) is 39.1 Å². The van der Waals surface area contributed by atoms with Crippen molar-refractivity contribution >= 4 is 43.8 Å². The van der Waals surface area contributed by atoms with Crippen molar-refractivity contribution in [3.8, 4) is 11.3 Å². The minimum absolute atomic E-state index is 0.650. The van der Waals surface area contributed by atoms with Crippen LogP contribution in [0.4, 0.5) is 5.13 Å². The van der Waals surface area contributed by atoms with Crippen LogP contribution in [-0.4, -0.2) is 25.1 Å². The van der Waals surface area contributed by atoms with Crippen molar-refractivity contribution in [3.05, 3.63) is 65.3 Å². The molecule has 0 fully saturated rings. The molecule has 4 aromatic rings. The predicted octanol–water partition coefficient (Wildman–Crippen LogP) is 4.46. The third-order valence-corrected chi connectivity index (χ3v) is 5.95. The second-order valence-corrected chi connectivity index (χ2v) is 8.49. The van der Waals surface area contributed by atoms with Crippen molar-refractivity contribution in [2.45, 2.75) is 11.4 Å². The molecule has 26 heavy (non-hydrogen) atoms. The van der Waals surface area contributed by atoms with Crippen LogP contribution in [0.2, 0.25) is 5.02 Å². The fourth-order valence-electron chi connectivity index (χ4n) is 2.51. The van der Waals surface area contributed by atoms with Crippen LogP contribution >= 0.6 is 22.9 Å². The predicted molar refractivity (Wildman–Crippen MR) is 107 cm³/mol. The maximum Gasteiger partial charge on any atom is 0.214 e. The largest absolute Gasteiger partial charge is 0.356 e. The Hall–Kier alpha value is -2.22. The number of hydrogen-bond acceptors (Lipinski definition) is 5. The first-order chi connectivity index (χ1) is 12.6. The van der Waals surface area contributed by atoms with E-state index in [0.717, 1.165) is 31.8 Å². The Kier molecular flexibility index (Phi) is 4.76. The standard InChI is InChI=1S/C18H15ClN4OS2/c1-26(24)15-8-2-12(3-9-15)10-20-17-22-23-11-16(21-18(23)25-17)13-4-6-14(19)7-5-13/h2-9,11H,10H2,1H3,(H,20,22). The SMILES string of the molecule is CS(=O)c1ccc(CNc2nn3cc(-c4ccc(Cl)cc4)nc3s2)cc1. The molecule has 2 heterocycles. The minimum Gasteiger partial charge on any atom is -0.356 e. The zero-order valence-electron chi connectivity index (χ0n) is 13.8. The molecule has 0 saturated carbocycles. The topological polar surface area (TPSA) is 59.3 Å². The zero-order chi connectivity index (χ0) is 18.1. The first kappa shape index (κ1) is 17.2. The van der Waals surface area contributed by atoms with Gasteiger partial charge >= 0.3 is 0 Å². The molecule has 0 aliphatic heterocycles. The third kappa shape index (κ3) is 3.65. The van der Waals surface area contributed by atoms with Crippen LogP contribution in [0.15, 0.2) is 59.6 Å². The van der Waals surface area contributed by atoms with E-state index in [4.69, 9.17) is 11.6 Å². The van der Waals surface area contributed by atoms with Crippen molar-refractivity contribution in [1.29, 1.82) is 0 Å². The second-order valence-electron chi connectivity index (χ2n) is 5.72. The molecule has 5 nitrogen and oxygen atoms in total. The van der Waals surface area contributed by atoms with E-state index in [1.54, 1.807) is 10.8 Å². The quantitative estimate of drug-likeness (QED) is 0.535. The fourth-order valence-corrected chi connectivity index (χ4v) is 3.93. The zero-order valence-corrected chi connectivity index (χ0v) is 16.2. The molecule has 0 saturated heterocycles.